The molecule has 0 amide bonds. The molecule has 2 aromatic carbocycles. The van der Waals surface area contributed by atoms with Gasteiger partial charge in [0.1, 0.15) is 5.82 Å². The summed E-state index contributed by atoms with van der Waals surface area (Å²) in [5.74, 6) is -0.265. The van der Waals surface area contributed by atoms with Crippen LogP contribution in [0.5, 0.6) is 0 Å². The Kier molecular flexibility index (Phi) is 4.98. The van der Waals surface area contributed by atoms with E-state index in [1.54, 1.807) is 12.1 Å². The number of aromatic nitrogens is 4. The molecule has 0 aliphatic carbocycles. The second-order valence-corrected chi connectivity index (χ2v) is 7.98. The predicted octanol–water partition coefficient (Wildman–Crippen LogP) is 4.05. The quantitative estimate of drug-likeness (QED) is 0.531. The van der Waals surface area contributed by atoms with Crippen LogP contribution in [0.1, 0.15) is 26.3 Å². The van der Waals surface area contributed by atoms with Gasteiger partial charge in [0.05, 0.1) is 28.7 Å². The number of fused-ring (bicyclic) bond motifs is 1. The molecule has 1 fully saturated rings. The van der Waals surface area contributed by atoms with E-state index in [-0.39, 0.29) is 11.5 Å². The zero-order chi connectivity index (χ0) is 21.5. The number of halogens is 1. The Hall–Kier alpha value is -3.19. The highest BCUT2D eigenvalue weighted by Crippen LogP contribution is 2.36. The van der Waals surface area contributed by atoms with Crippen molar-refractivity contribution < 1.29 is 4.39 Å². The molecule has 0 radical (unpaired) electrons. The molecule has 0 saturated carbocycles. The first-order valence-electron chi connectivity index (χ1n) is 10.9. The first kappa shape index (κ1) is 19.8. The summed E-state index contributed by atoms with van der Waals surface area (Å²) in [4.78, 5) is 17.5. The van der Waals surface area contributed by atoms with E-state index < -0.39 is 0 Å². The van der Waals surface area contributed by atoms with Crippen LogP contribution in [0.25, 0.3) is 33.5 Å². The van der Waals surface area contributed by atoms with Gasteiger partial charge in [0.25, 0.3) is 0 Å². The lowest BCUT2D eigenvalue weighted by molar-refractivity contribution is 0.551. The maximum atomic E-state index is 13.5. The monoisotopic (exact) mass is 419 g/mol. The van der Waals surface area contributed by atoms with Crippen LogP contribution in [0.3, 0.4) is 0 Å². The van der Waals surface area contributed by atoms with Crippen molar-refractivity contribution in [2.24, 2.45) is 0 Å². The highest BCUT2D eigenvalue weighted by Gasteiger charge is 2.24. The van der Waals surface area contributed by atoms with Gasteiger partial charge in [-0.2, -0.15) is 0 Å². The maximum Gasteiger partial charge on any atom is 0.329 e. The summed E-state index contributed by atoms with van der Waals surface area (Å²) < 4.78 is 19.4. The van der Waals surface area contributed by atoms with Crippen molar-refractivity contribution in [2.75, 3.05) is 13.1 Å². The number of rotatable bonds is 5. The summed E-state index contributed by atoms with van der Waals surface area (Å²) in [5.41, 5.74) is 5.59. The van der Waals surface area contributed by atoms with Crippen molar-refractivity contribution in [3.63, 3.8) is 0 Å². The topological polar surface area (TPSA) is 56.8 Å². The van der Waals surface area contributed by atoms with Crippen LogP contribution in [-0.2, 0) is 13.1 Å². The molecule has 2 aromatic heterocycles. The van der Waals surface area contributed by atoms with Crippen molar-refractivity contribution in [3.05, 3.63) is 65.1 Å². The average molecular weight is 420 g/mol. The second kappa shape index (κ2) is 7.81. The number of aryl methyl sites for hydroxylation is 2. The lowest BCUT2D eigenvalue weighted by Crippen LogP contribution is -2.23. The molecule has 1 N–H and O–H groups in total. The summed E-state index contributed by atoms with van der Waals surface area (Å²) in [6.45, 7) is 7.09. The first-order valence-corrected chi connectivity index (χ1v) is 10.9. The number of nitrogens with one attached hydrogen (secondary N) is 1. The van der Waals surface area contributed by atoms with Crippen LogP contribution in [0.4, 0.5) is 4.39 Å². The van der Waals surface area contributed by atoms with Gasteiger partial charge in [-0.25, -0.2) is 14.2 Å². The SMILES string of the molecule is CCn1c(=O)n(CC)c2cc(-c3c(-c4ccc(F)cc4)ncn3C3CCNC3)ccc21. The van der Waals surface area contributed by atoms with Gasteiger partial charge < -0.3 is 9.88 Å². The number of benzene rings is 2. The lowest BCUT2D eigenvalue weighted by atomic mass is 10.0. The Balaban J connectivity index is 1.75. The standard InChI is InChI=1S/C24H26FN5O/c1-3-28-20-10-7-17(13-21(20)29(4-2)24(28)31)23-22(16-5-8-18(25)9-6-16)27-15-30(23)19-11-12-26-14-19/h5-10,13,15,19,26H,3-4,11-12,14H2,1-2H3. The van der Waals surface area contributed by atoms with E-state index in [1.165, 1.54) is 12.1 Å². The van der Waals surface area contributed by atoms with E-state index in [4.69, 9.17) is 4.98 Å². The molecule has 1 saturated heterocycles. The third-order valence-corrected chi connectivity index (χ3v) is 6.26. The first-order chi connectivity index (χ1) is 15.1. The van der Waals surface area contributed by atoms with Gasteiger partial charge in [-0.3, -0.25) is 9.13 Å². The molecule has 0 spiro atoms. The smallest absolute Gasteiger partial charge is 0.326 e. The van der Waals surface area contributed by atoms with Crippen molar-refractivity contribution >= 4 is 11.0 Å². The fourth-order valence-electron chi connectivity index (χ4n) is 4.70. The van der Waals surface area contributed by atoms with E-state index >= 15 is 0 Å². The summed E-state index contributed by atoms with van der Waals surface area (Å²) in [6, 6.07) is 13.0. The van der Waals surface area contributed by atoms with Gasteiger partial charge in [-0.15, -0.1) is 0 Å². The van der Waals surface area contributed by atoms with E-state index in [1.807, 2.05) is 35.4 Å². The third kappa shape index (κ3) is 3.20. The van der Waals surface area contributed by atoms with E-state index in [9.17, 15) is 9.18 Å². The predicted molar refractivity (Wildman–Crippen MR) is 121 cm³/mol. The molecule has 5 rings (SSSR count). The molecular formula is C24H26FN5O. The van der Waals surface area contributed by atoms with Gasteiger partial charge in [0.15, 0.2) is 0 Å². The third-order valence-electron chi connectivity index (χ3n) is 6.26. The minimum absolute atomic E-state index is 0.0180. The second-order valence-electron chi connectivity index (χ2n) is 7.98. The van der Waals surface area contributed by atoms with Gasteiger partial charge in [0.2, 0.25) is 0 Å². The summed E-state index contributed by atoms with van der Waals surface area (Å²) >= 11 is 0. The van der Waals surface area contributed by atoms with Crippen molar-refractivity contribution in [1.82, 2.24) is 24.0 Å². The Morgan fingerprint density at radius 1 is 1.03 bits per heavy atom. The van der Waals surface area contributed by atoms with Crippen LogP contribution in [0.15, 0.2) is 53.6 Å². The number of nitrogens with zero attached hydrogens (tertiary/aromatic N) is 4. The molecule has 4 aromatic rings. The fraction of sp³-hybridized carbons (Fsp3) is 0.333. The van der Waals surface area contributed by atoms with Gasteiger partial charge in [0, 0.05) is 36.8 Å². The van der Waals surface area contributed by atoms with Crippen molar-refractivity contribution in [3.8, 4) is 22.5 Å². The average Bonchev–Trinajstić information content (AvgIpc) is 3.50. The van der Waals surface area contributed by atoms with Gasteiger partial charge in [-0.05, 0) is 63.2 Å². The van der Waals surface area contributed by atoms with Crippen LogP contribution in [0, 0.1) is 5.82 Å². The molecule has 1 aliphatic rings. The number of hydrogen-bond acceptors (Lipinski definition) is 3. The zero-order valence-corrected chi connectivity index (χ0v) is 17.8. The van der Waals surface area contributed by atoms with Crippen LogP contribution >= 0.6 is 0 Å². The zero-order valence-electron chi connectivity index (χ0n) is 17.8. The molecule has 1 unspecified atom stereocenters. The maximum absolute atomic E-state index is 13.5. The Labute approximate surface area is 180 Å². The minimum Gasteiger partial charge on any atom is -0.326 e. The Morgan fingerprint density at radius 3 is 2.42 bits per heavy atom. The van der Waals surface area contributed by atoms with Crippen LogP contribution < -0.4 is 11.0 Å². The van der Waals surface area contributed by atoms with Crippen molar-refractivity contribution in [1.29, 1.82) is 0 Å². The number of hydrogen-bond donors (Lipinski definition) is 1. The summed E-state index contributed by atoms with van der Waals surface area (Å²) in [7, 11) is 0. The van der Waals surface area contributed by atoms with E-state index in [0.717, 1.165) is 53.1 Å². The van der Waals surface area contributed by atoms with E-state index in [0.29, 0.717) is 19.1 Å². The highest BCUT2D eigenvalue weighted by molar-refractivity contribution is 5.86. The molecule has 31 heavy (non-hydrogen) atoms. The van der Waals surface area contributed by atoms with Gasteiger partial charge in [-0.1, -0.05) is 6.07 Å². The Bertz CT molecular complexity index is 1290. The molecular weight excluding hydrogens is 393 g/mol. The molecule has 160 valence electrons. The minimum atomic E-state index is -0.265. The molecule has 0 bridgehead atoms. The van der Waals surface area contributed by atoms with Crippen LogP contribution in [0.2, 0.25) is 0 Å². The molecule has 3 heterocycles. The molecule has 1 aliphatic heterocycles. The summed E-state index contributed by atoms with van der Waals surface area (Å²) in [6.07, 6.45) is 2.92. The van der Waals surface area contributed by atoms with Crippen LogP contribution in [-0.4, -0.2) is 31.8 Å². The summed E-state index contributed by atoms with van der Waals surface area (Å²) in [5, 5.41) is 3.43. The fourth-order valence-corrected chi connectivity index (χ4v) is 4.70. The number of imidazole rings is 2. The Morgan fingerprint density at radius 2 is 1.74 bits per heavy atom. The highest BCUT2D eigenvalue weighted by atomic mass is 19.1. The van der Waals surface area contributed by atoms with Gasteiger partial charge >= 0.3 is 5.69 Å². The molecule has 7 heteroatoms. The largest absolute Gasteiger partial charge is 0.329 e. The lowest BCUT2D eigenvalue weighted by Gasteiger charge is -2.16. The molecule has 1 atom stereocenters. The normalized spacial score (nSPS) is 16.4. The molecule has 6 nitrogen and oxygen atoms in total. The van der Waals surface area contributed by atoms with Crippen molar-refractivity contribution in [2.45, 2.75) is 39.4 Å². The van der Waals surface area contributed by atoms with E-state index in [2.05, 4.69) is 22.0 Å².